The molecular formula is C18H13NO4. The number of aliphatic imine (C=N–C) groups is 1. The van der Waals surface area contributed by atoms with Crippen LogP contribution < -0.4 is 9.47 Å². The summed E-state index contributed by atoms with van der Waals surface area (Å²) in [6.07, 6.45) is 1.67. The molecule has 23 heavy (non-hydrogen) atoms. The first-order valence-corrected chi connectivity index (χ1v) is 7.18. The Hall–Kier alpha value is -3.08. The maximum atomic E-state index is 12.0. The number of benzene rings is 2. The molecule has 114 valence electrons. The number of carbonyl (C=O) groups is 1. The molecule has 2 heterocycles. The van der Waals surface area contributed by atoms with Gasteiger partial charge < -0.3 is 14.2 Å². The van der Waals surface area contributed by atoms with Gasteiger partial charge in [-0.25, -0.2) is 9.79 Å². The Balaban J connectivity index is 1.65. The lowest BCUT2D eigenvalue weighted by Gasteiger charge is -1.99. The first-order valence-electron chi connectivity index (χ1n) is 7.18. The predicted octanol–water partition coefficient (Wildman–Crippen LogP) is 3.07. The molecule has 0 aromatic heterocycles. The summed E-state index contributed by atoms with van der Waals surface area (Å²) in [5.41, 5.74) is 2.97. The molecule has 0 fully saturated rings. The zero-order chi connectivity index (χ0) is 15.8. The van der Waals surface area contributed by atoms with E-state index in [1.165, 1.54) is 0 Å². The number of hydrogen-bond acceptors (Lipinski definition) is 5. The summed E-state index contributed by atoms with van der Waals surface area (Å²) in [5.74, 6) is 1.22. The highest BCUT2D eigenvalue weighted by atomic mass is 16.7. The first kappa shape index (κ1) is 13.6. The van der Waals surface area contributed by atoms with Crippen LogP contribution in [-0.2, 0) is 9.53 Å². The highest BCUT2D eigenvalue weighted by molar-refractivity contribution is 6.12. The summed E-state index contributed by atoms with van der Waals surface area (Å²) in [5, 5.41) is 0. The molecule has 0 amide bonds. The molecule has 0 radical (unpaired) electrons. The summed E-state index contributed by atoms with van der Waals surface area (Å²) < 4.78 is 15.8. The molecule has 5 heteroatoms. The third-order valence-corrected chi connectivity index (χ3v) is 3.62. The zero-order valence-electron chi connectivity index (χ0n) is 12.4. The van der Waals surface area contributed by atoms with Crippen LogP contribution in [0.15, 0.2) is 53.2 Å². The Morgan fingerprint density at radius 3 is 2.65 bits per heavy atom. The van der Waals surface area contributed by atoms with E-state index in [0.29, 0.717) is 17.4 Å². The van der Waals surface area contributed by atoms with Gasteiger partial charge in [0, 0.05) is 5.56 Å². The molecule has 2 aromatic rings. The maximum absolute atomic E-state index is 12.0. The minimum absolute atomic E-state index is 0.215. The Bertz CT molecular complexity index is 850. The molecule has 5 nitrogen and oxygen atoms in total. The molecule has 4 rings (SSSR count). The summed E-state index contributed by atoms with van der Waals surface area (Å²) in [6, 6.07) is 13.1. The van der Waals surface area contributed by atoms with Gasteiger partial charge in [0.05, 0.1) is 0 Å². The summed E-state index contributed by atoms with van der Waals surface area (Å²) in [6.45, 7) is 2.21. The van der Waals surface area contributed by atoms with Gasteiger partial charge in [0.25, 0.3) is 0 Å². The van der Waals surface area contributed by atoms with Crippen molar-refractivity contribution in [2.75, 3.05) is 6.79 Å². The highest BCUT2D eigenvalue weighted by Gasteiger charge is 2.24. The van der Waals surface area contributed by atoms with E-state index in [9.17, 15) is 4.79 Å². The molecule has 0 unspecified atom stereocenters. The van der Waals surface area contributed by atoms with Crippen LogP contribution >= 0.6 is 0 Å². The van der Waals surface area contributed by atoms with E-state index in [4.69, 9.17) is 14.2 Å². The lowest BCUT2D eigenvalue weighted by Crippen LogP contribution is -2.05. The molecule has 0 atom stereocenters. The minimum atomic E-state index is -0.460. The van der Waals surface area contributed by atoms with Gasteiger partial charge in [-0.2, -0.15) is 0 Å². The SMILES string of the molecule is Cc1ccc(C2=N/C(=C/c3ccc4c(c3)OCO4)C(=O)O2)cc1. The van der Waals surface area contributed by atoms with Crippen molar-refractivity contribution < 1.29 is 19.0 Å². The number of hydrogen-bond donors (Lipinski definition) is 0. The number of carbonyl (C=O) groups excluding carboxylic acids is 1. The van der Waals surface area contributed by atoms with Crippen LogP contribution in [0, 0.1) is 6.92 Å². The topological polar surface area (TPSA) is 57.1 Å². The molecule has 2 aromatic carbocycles. The van der Waals surface area contributed by atoms with Gasteiger partial charge in [0.1, 0.15) is 0 Å². The fourth-order valence-electron chi connectivity index (χ4n) is 2.39. The van der Waals surface area contributed by atoms with Crippen LogP contribution in [0.25, 0.3) is 6.08 Å². The fraction of sp³-hybridized carbons (Fsp3) is 0.111. The van der Waals surface area contributed by atoms with Gasteiger partial charge in [-0.05, 0) is 42.8 Å². The summed E-state index contributed by atoms with van der Waals surface area (Å²) in [7, 11) is 0. The van der Waals surface area contributed by atoms with E-state index in [2.05, 4.69) is 4.99 Å². The first-order chi connectivity index (χ1) is 11.2. The van der Waals surface area contributed by atoms with E-state index in [1.54, 1.807) is 12.1 Å². The average Bonchev–Trinajstić information content (AvgIpc) is 3.15. The molecule has 0 saturated carbocycles. The van der Waals surface area contributed by atoms with Crippen LogP contribution in [0.4, 0.5) is 0 Å². The minimum Gasteiger partial charge on any atom is -0.454 e. The van der Waals surface area contributed by atoms with Crippen molar-refractivity contribution in [2.24, 2.45) is 4.99 Å². The van der Waals surface area contributed by atoms with Crippen molar-refractivity contribution in [3.63, 3.8) is 0 Å². The molecule has 2 aliphatic rings. The van der Waals surface area contributed by atoms with Crippen molar-refractivity contribution >= 4 is 17.9 Å². The second kappa shape index (κ2) is 5.28. The number of fused-ring (bicyclic) bond motifs is 1. The molecule has 0 saturated heterocycles. The Kier molecular flexibility index (Phi) is 3.12. The molecule has 0 spiro atoms. The monoisotopic (exact) mass is 307 g/mol. The van der Waals surface area contributed by atoms with Crippen LogP contribution in [-0.4, -0.2) is 18.7 Å². The van der Waals surface area contributed by atoms with Crippen molar-refractivity contribution in [3.8, 4) is 11.5 Å². The van der Waals surface area contributed by atoms with Gasteiger partial charge in [0.15, 0.2) is 17.2 Å². The standard InChI is InChI=1S/C18H13NO4/c1-11-2-5-13(6-3-11)17-19-14(18(20)23-17)8-12-4-7-15-16(9-12)22-10-21-15/h2-9H,10H2,1H3/b14-8+. The summed E-state index contributed by atoms with van der Waals surface area (Å²) in [4.78, 5) is 16.3. The second-order valence-corrected chi connectivity index (χ2v) is 5.31. The molecule has 0 N–H and O–H groups in total. The highest BCUT2D eigenvalue weighted by Crippen LogP contribution is 2.33. The quantitative estimate of drug-likeness (QED) is 0.632. The van der Waals surface area contributed by atoms with Gasteiger partial charge >= 0.3 is 5.97 Å². The maximum Gasteiger partial charge on any atom is 0.363 e. The van der Waals surface area contributed by atoms with E-state index in [0.717, 1.165) is 16.7 Å². The Morgan fingerprint density at radius 2 is 1.83 bits per heavy atom. The van der Waals surface area contributed by atoms with Crippen molar-refractivity contribution in [2.45, 2.75) is 6.92 Å². The molecular weight excluding hydrogens is 294 g/mol. The van der Waals surface area contributed by atoms with E-state index < -0.39 is 5.97 Å². The van der Waals surface area contributed by atoms with Crippen molar-refractivity contribution in [1.82, 2.24) is 0 Å². The van der Waals surface area contributed by atoms with E-state index >= 15 is 0 Å². The fourth-order valence-corrected chi connectivity index (χ4v) is 2.39. The molecule has 0 bridgehead atoms. The third-order valence-electron chi connectivity index (χ3n) is 3.62. The summed E-state index contributed by atoms with van der Waals surface area (Å²) >= 11 is 0. The van der Waals surface area contributed by atoms with Gasteiger partial charge in [-0.1, -0.05) is 23.8 Å². The zero-order valence-corrected chi connectivity index (χ0v) is 12.4. The average molecular weight is 307 g/mol. The number of ether oxygens (including phenoxy) is 3. The van der Waals surface area contributed by atoms with Gasteiger partial charge in [0.2, 0.25) is 12.7 Å². The Morgan fingerprint density at radius 1 is 1.04 bits per heavy atom. The molecule has 2 aliphatic heterocycles. The Labute approximate surface area is 132 Å². The van der Waals surface area contributed by atoms with Crippen LogP contribution in [0.1, 0.15) is 16.7 Å². The van der Waals surface area contributed by atoms with Crippen LogP contribution in [0.2, 0.25) is 0 Å². The number of nitrogens with zero attached hydrogens (tertiary/aromatic N) is 1. The van der Waals surface area contributed by atoms with Crippen molar-refractivity contribution in [1.29, 1.82) is 0 Å². The number of aryl methyl sites for hydroxylation is 1. The number of cyclic esters (lactones) is 1. The van der Waals surface area contributed by atoms with Gasteiger partial charge in [-0.3, -0.25) is 0 Å². The third kappa shape index (κ3) is 2.57. The number of rotatable bonds is 2. The lowest BCUT2D eigenvalue weighted by molar-refractivity contribution is -0.129. The van der Waals surface area contributed by atoms with Crippen LogP contribution in [0.3, 0.4) is 0 Å². The lowest BCUT2D eigenvalue weighted by atomic mass is 10.1. The molecule has 0 aliphatic carbocycles. The smallest absolute Gasteiger partial charge is 0.363 e. The van der Waals surface area contributed by atoms with Crippen molar-refractivity contribution in [3.05, 3.63) is 64.9 Å². The predicted molar refractivity (Wildman–Crippen MR) is 84.4 cm³/mol. The van der Waals surface area contributed by atoms with E-state index in [1.807, 2.05) is 43.3 Å². The van der Waals surface area contributed by atoms with E-state index in [-0.39, 0.29) is 12.5 Å². The number of esters is 1. The largest absolute Gasteiger partial charge is 0.454 e. The van der Waals surface area contributed by atoms with Crippen LogP contribution in [0.5, 0.6) is 11.5 Å². The normalized spacial score (nSPS) is 17.3. The van der Waals surface area contributed by atoms with Gasteiger partial charge in [-0.15, -0.1) is 0 Å². The second-order valence-electron chi connectivity index (χ2n) is 5.31.